The maximum Gasteiger partial charge on any atom is 0.276 e. The lowest BCUT2D eigenvalue weighted by atomic mass is 9.88. The van der Waals surface area contributed by atoms with Gasteiger partial charge in [-0.2, -0.15) is 0 Å². The van der Waals surface area contributed by atoms with Crippen LogP contribution in [0.15, 0.2) is 30.6 Å². The van der Waals surface area contributed by atoms with Gasteiger partial charge in [0.05, 0.1) is 17.0 Å². The molecule has 2 saturated heterocycles. The van der Waals surface area contributed by atoms with Crippen molar-refractivity contribution in [2.45, 2.75) is 84.2 Å². The number of pyridine rings is 1. The second kappa shape index (κ2) is 12.1. The Morgan fingerprint density at radius 3 is 2.52 bits per heavy atom. The number of carbonyl (C=O) groups excluding carboxylic acids is 1. The first-order valence-electron chi connectivity index (χ1n) is 15.0. The normalized spacial score (nSPS) is 18.0. The Hall–Kier alpha value is -3.27. The third-order valence-corrected chi connectivity index (χ3v) is 9.06. The van der Waals surface area contributed by atoms with Crippen molar-refractivity contribution in [1.82, 2.24) is 24.8 Å². The first kappa shape index (κ1) is 30.2. The zero-order valence-electron chi connectivity index (χ0n) is 25.1. The molecule has 226 valence electrons. The molecule has 0 aliphatic carbocycles. The van der Waals surface area contributed by atoms with Gasteiger partial charge in [0.2, 0.25) is 5.91 Å². The SMILES string of the molecule is CC(=O)N1CCC(c2cc3c(N[C@H](C)c4cccc(C(F)(F)CCC5CN(C(C)C)C5)c4F)ncnc3nc2C)CC1. The number of fused-ring (bicyclic) bond motifs is 1. The molecule has 0 spiro atoms. The third-order valence-electron chi connectivity index (χ3n) is 9.06. The Labute approximate surface area is 245 Å². The molecule has 1 amide bonds. The van der Waals surface area contributed by atoms with Crippen LogP contribution in [-0.4, -0.2) is 62.9 Å². The van der Waals surface area contributed by atoms with Gasteiger partial charge in [-0.15, -0.1) is 0 Å². The first-order valence-corrected chi connectivity index (χ1v) is 15.0. The van der Waals surface area contributed by atoms with E-state index in [1.54, 1.807) is 19.9 Å². The van der Waals surface area contributed by atoms with Gasteiger partial charge in [-0.3, -0.25) is 4.79 Å². The number of halogens is 3. The summed E-state index contributed by atoms with van der Waals surface area (Å²) in [6, 6.07) is 6.05. The number of benzene rings is 1. The van der Waals surface area contributed by atoms with Crippen LogP contribution in [0.3, 0.4) is 0 Å². The number of piperidine rings is 1. The molecule has 2 fully saturated rings. The van der Waals surface area contributed by atoms with Crippen LogP contribution in [-0.2, 0) is 10.7 Å². The van der Waals surface area contributed by atoms with E-state index in [9.17, 15) is 4.79 Å². The fourth-order valence-electron chi connectivity index (χ4n) is 6.31. The van der Waals surface area contributed by atoms with E-state index >= 15 is 13.2 Å². The largest absolute Gasteiger partial charge is 0.363 e. The smallest absolute Gasteiger partial charge is 0.276 e. The highest BCUT2D eigenvalue weighted by Crippen LogP contribution is 2.39. The van der Waals surface area contributed by atoms with Gasteiger partial charge in [0.1, 0.15) is 18.0 Å². The number of nitrogens with one attached hydrogen (secondary N) is 1. The zero-order chi connectivity index (χ0) is 30.2. The standard InChI is InChI=1S/C32H41F3N6O/c1-19(2)41-16-23(17-41)9-12-32(34,35)28-8-6-7-25(29(28)33)20(3)38-30-27-15-26(21(4)39-31(27)37-18-36-30)24-10-13-40(14-11-24)22(5)42/h6-8,15,18-20,23-24H,9-14,16-17H2,1-5H3,(H,36,37,38,39)/t20-/m1/s1. The lowest BCUT2D eigenvalue weighted by Crippen LogP contribution is -2.50. The van der Waals surface area contributed by atoms with E-state index < -0.39 is 23.3 Å². The predicted octanol–water partition coefficient (Wildman–Crippen LogP) is 6.58. The maximum absolute atomic E-state index is 15.7. The average Bonchev–Trinajstić information content (AvgIpc) is 2.91. The lowest BCUT2D eigenvalue weighted by molar-refractivity contribution is -0.129. The molecule has 1 N–H and O–H groups in total. The topological polar surface area (TPSA) is 74.2 Å². The summed E-state index contributed by atoms with van der Waals surface area (Å²) in [6.45, 7) is 12.5. The van der Waals surface area contributed by atoms with Crippen molar-refractivity contribution in [2.75, 3.05) is 31.5 Å². The summed E-state index contributed by atoms with van der Waals surface area (Å²) in [5.41, 5.74) is 2.06. The number of hydrogen-bond donors (Lipinski definition) is 1. The molecule has 2 aliphatic rings. The quantitative estimate of drug-likeness (QED) is 0.307. The Morgan fingerprint density at radius 2 is 1.86 bits per heavy atom. The fourth-order valence-corrected chi connectivity index (χ4v) is 6.31. The van der Waals surface area contributed by atoms with Crippen molar-refractivity contribution in [2.24, 2.45) is 5.92 Å². The summed E-state index contributed by atoms with van der Waals surface area (Å²) in [4.78, 5) is 29.4. The Kier molecular flexibility index (Phi) is 8.73. The number of hydrogen-bond acceptors (Lipinski definition) is 6. The van der Waals surface area contributed by atoms with Gasteiger partial charge < -0.3 is 15.1 Å². The molecule has 42 heavy (non-hydrogen) atoms. The van der Waals surface area contributed by atoms with E-state index in [0.29, 0.717) is 42.4 Å². The van der Waals surface area contributed by atoms with Gasteiger partial charge in [0.25, 0.3) is 5.92 Å². The highest BCUT2D eigenvalue weighted by molar-refractivity contribution is 5.87. The van der Waals surface area contributed by atoms with Crippen molar-refractivity contribution in [3.63, 3.8) is 0 Å². The fraction of sp³-hybridized carbons (Fsp3) is 0.562. The van der Waals surface area contributed by atoms with Crippen LogP contribution in [0.25, 0.3) is 11.0 Å². The van der Waals surface area contributed by atoms with Crippen LogP contribution in [0, 0.1) is 18.7 Å². The second-order valence-electron chi connectivity index (χ2n) is 12.3. The molecule has 0 unspecified atom stereocenters. The molecule has 10 heteroatoms. The van der Waals surface area contributed by atoms with E-state index in [4.69, 9.17) is 4.98 Å². The molecule has 0 radical (unpaired) electrons. The number of amides is 1. The number of anilines is 1. The van der Waals surface area contributed by atoms with Gasteiger partial charge in [-0.1, -0.05) is 18.2 Å². The van der Waals surface area contributed by atoms with Crippen molar-refractivity contribution < 1.29 is 18.0 Å². The summed E-state index contributed by atoms with van der Waals surface area (Å²) in [5, 5.41) is 3.93. The Bertz CT molecular complexity index is 1430. The molecule has 1 aromatic carbocycles. The number of aromatic nitrogens is 3. The zero-order valence-corrected chi connectivity index (χ0v) is 25.1. The van der Waals surface area contributed by atoms with E-state index in [2.05, 4.69) is 34.0 Å². The van der Waals surface area contributed by atoms with Gasteiger partial charge >= 0.3 is 0 Å². The molecule has 3 aromatic rings. The van der Waals surface area contributed by atoms with Crippen molar-refractivity contribution in [1.29, 1.82) is 0 Å². The highest BCUT2D eigenvalue weighted by Gasteiger charge is 2.38. The summed E-state index contributed by atoms with van der Waals surface area (Å²) >= 11 is 0. The number of alkyl halides is 2. The minimum atomic E-state index is -3.26. The van der Waals surface area contributed by atoms with E-state index in [1.165, 1.54) is 18.5 Å². The van der Waals surface area contributed by atoms with Crippen molar-refractivity contribution in [3.8, 4) is 0 Å². The number of nitrogens with zero attached hydrogens (tertiary/aromatic N) is 5. The van der Waals surface area contributed by atoms with Crippen LogP contribution in [0.4, 0.5) is 19.0 Å². The van der Waals surface area contributed by atoms with Gasteiger partial charge in [-0.25, -0.2) is 28.1 Å². The summed E-state index contributed by atoms with van der Waals surface area (Å²) in [6.07, 6.45) is 3.06. The monoisotopic (exact) mass is 582 g/mol. The van der Waals surface area contributed by atoms with Crippen molar-refractivity contribution in [3.05, 3.63) is 58.8 Å². The van der Waals surface area contributed by atoms with Crippen LogP contribution in [0.2, 0.25) is 0 Å². The van der Waals surface area contributed by atoms with Crippen molar-refractivity contribution >= 4 is 22.8 Å². The van der Waals surface area contributed by atoms with Crippen LogP contribution in [0.1, 0.15) is 87.7 Å². The highest BCUT2D eigenvalue weighted by atomic mass is 19.3. The maximum atomic E-state index is 15.7. The van der Waals surface area contributed by atoms with Gasteiger partial charge in [0, 0.05) is 56.8 Å². The van der Waals surface area contributed by atoms with Gasteiger partial charge in [-0.05, 0) is 70.4 Å². The lowest BCUT2D eigenvalue weighted by Gasteiger charge is -2.42. The van der Waals surface area contributed by atoms with Crippen LogP contribution < -0.4 is 5.32 Å². The Balaban J connectivity index is 1.33. The van der Waals surface area contributed by atoms with Crippen LogP contribution in [0.5, 0.6) is 0 Å². The molecule has 1 atom stereocenters. The van der Waals surface area contributed by atoms with Gasteiger partial charge in [0.15, 0.2) is 5.65 Å². The predicted molar refractivity (Wildman–Crippen MR) is 158 cm³/mol. The molecule has 0 saturated carbocycles. The molecule has 0 bridgehead atoms. The summed E-state index contributed by atoms with van der Waals surface area (Å²) < 4.78 is 46.2. The molecule has 7 nitrogen and oxygen atoms in total. The van der Waals surface area contributed by atoms with E-state index in [1.807, 2.05) is 17.9 Å². The number of rotatable bonds is 9. The Morgan fingerprint density at radius 1 is 1.14 bits per heavy atom. The molecule has 4 heterocycles. The number of aryl methyl sites for hydroxylation is 1. The molecule has 5 rings (SSSR count). The third kappa shape index (κ3) is 6.23. The number of likely N-dealkylation sites (tertiary alicyclic amines) is 2. The molecule has 2 aliphatic heterocycles. The minimum absolute atomic E-state index is 0.0843. The minimum Gasteiger partial charge on any atom is -0.363 e. The summed E-state index contributed by atoms with van der Waals surface area (Å²) in [7, 11) is 0. The van der Waals surface area contributed by atoms with E-state index in [0.717, 1.165) is 37.2 Å². The summed E-state index contributed by atoms with van der Waals surface area (Å²) in [5.74, 6) is -3.12. The molecule has 2 aromatic heterocycles. The first-order chi connectivity index (χ1) is 19.9. The van der Waals surface area contributed by atoms with Crippen LogP contribution >= 0.6 is 0 Å². The number of carbonyl (C=O) groups is 1. The molecular formula is C32H41F3N6O. The molecular weight excluding hydrogens is 541 g/mol. The second-order valence-corrected chi connectivity index (χ2v) is 12.3. The van der Waals surface area contributed by atoms with E-state index in [-0.39, 0.29) is 29.7 Å². The average molecular weight is 583 g/mol.